The summed E-state index contributed by atoms with van der Waals surface area (Å²) in [6.07, 6.45) is 4.33. The lowest BCUT2D eigenvalue weighted by atomic mass is 10.1. The summed E-state index contributed by atoms with van der Waals surface area (Å²) in [4.78, 5) is 27.9. The molecule has 0 aliphatic heterocycles. The van der Waals surface area contributed by atoms with Gasteiger partial charge >= 0.3 is 5.69 Å². The Labute approximate surface area is 156 Å². The Bertz CT molecular complexity index is 1060. The predicted octanol–water partition coefficient (Wildman–Crippen LogP) is 3.29. The van der Waals surface area contributed by atoms with Crippen molar-refractivity contribution in [2.45, 2.75) is 31.7 Å². The molecule has 7 nitrogen and oxygen atoms in total. The summed E-state index contributed by atoms with van der Waals surface area (Å²) in [5.41, 5.74) is 8.70. The van der Waals surface area contributed by atoms with Gasteiger partial charge in [-0.25, -0.2) is 4.79 Å². The van der Waals surface area contributed by atoms with Crippen molar-refractivity contribution < 1.29 is 9.53 Å². The molecule has 7 heteroatoms. The molecular formula is C20H22N4O3. The average molecular weight is 366 g/mol. The largest absolute Gasteiger partial charge is 0.497 e. The number of nitrogens with zero attached hydrogens (tertiary/aromatic N) is 1. The number of nitrogens with one attached hydrogen (secondary N) is 2. The third-order valence-corrected chi connectivity index (χ3v) is 5.18. The van der Waals surface area contributed by atoms with Gasteiger partial charge in [-0.15, -0.1) is 0 Å². The molecule has 4 N–H and O–H groups in total. The normalized spacial score (nSPS) is 14.6. The van der Waals surface area contributed by atoms with E-state index in [1.54, 1.807) is 37.4 Å². The van der Waals surface area contributed by atoms with E-state index in [1.807, 2.05) is 10.6 Å². The number of benzene rings is 2. The number of aromatic amines is 1. The summed E-state index contributed by atoms with van der Waals surface area (Å²) < 4.78 is 6.99. The highest BCUT2D eigenvalue weighted by molar-refractivity contribution is 6.07. The number of rotatable bonds is 4. The number of aromatic nitrogens is 2. The molecule has 0 radical (unpaired) electrons. The molecule has 1 fully saturated rings. The number of ether oxygens (including phenoxy) is 1. The van der Waals surface area contributed by atoms with Gasteiger partial charge in [0.15, 0.2) is 0 Å². The highest BCUT2D eigenvalue weighted by Gasteiger charge is 2.21. The van der Waals surface area contributed by atoms with Crippen LogP contribution in [0.1, 0.15) is 42.1 Å². The number of fused-ring (bicyclic) bond motifs is 1. The van der Waals surface area contributed by atoms with Gasteiger partial charge in [0.2, 0.25) is 0 Å². The molecule has 1 aromatic heterocycles. The van der Waals surface area contributed by atoms with E-state index in [0.717, 1.165) is 31.2 Å². The molecule has 3 aromatic rings. The van der Waals surface area contributed by atoms with Gasteiger partial charge in [0.05, 0.1) is 29.5 Å². The first-order valence-corrected chi connectivity index (χ1v) is 9.06. The van der Waals surface area contributed by atoms with Crippen LogP contribution < -0.4 is 21.5 Å². The molecule has 27 heavy (non-hydrogen) atoms. The first-order chi connectivity index (χ1) is 13.1. The second-order valence-electron chi connectivity index (χ2n) is 6.88. The lowest BCUT2D eigenvalue weighted by Crippen LogP contribution is -2.20. The Kier molecular flexibility index (Phi) is 4.35. The Morgan fingerprint density at radius 3 is 2.74 bits per heavy atom. The van der Waals surface area contributed by atoms with E-state index in [-0.39, 0.29) is 17.6 Å². The fourth-order valence-corrected chi connectivity index (χ4v) is 3.76. The van der Waals surface area contributed by atoms with Crippen molar-refractivity contribution >= 4 is 28.3 Å². The number of carbonyl (C=O) groups is 1. The highest BCUT2D eigenvalue weighted by Crippen LogP contribution is 2.31. The highest BCUT2D eigenvalue weighted by atomic mass is 16.5. The van der Waals surface area contributed by atoms with E-state index in [9.17, 15) is 9.59 Å². The smallest absolute Gasteiger partial charge is 0.326 e. The van der Waals surface area contributed by atoms with Crippen LogP contribution in [-0.2, 0) is 0 Å². The number of H-pyrrole nitrogens is 1. The third-order valence-electron chi connectivity index (χ3n) is 5.18. The zero-order valence-corrected chi connectivity index (χ0v) is 15.1. The van der Waals surface area contributed by atoms with Crippen molar-refractivity contribution in [3.05, 3.63) is 52.4 Å². The van der Waals surface area contributed by atoms with Gasteiger partial charge in [0.1, 0.15) is 5.75 Å². The summed E-state index contributed by atoms with van der Waals surface area (Å²) in [6.45, 7) is 0. The minimum Gasteiger partial charge on any atom is -0.497 e. The number of imidazole rings is 1. The van der Waals surface area contributed by atoms with Gasteiger partial charge in [-0.2, -0.15) is 0 Å². The number of anilines is 2. The van der Waals surface area contributed by atoms with Crippen molar-refractivity contribution in [3.8, 4) is 5.75 Å². The number of hydrogen-bond acceptors (Lipinski definition) is 4. The lowest BCUT2D eigenvalue weighted by Gasteiger charge is -2.12. The van der Waals surface area contributed by atoms with Gasteiger partial charge in [0, 0.05) is 17.7 Å². The molecule has 0 atom stereocenters. The van der Waals surface area contributed by atoms with Crippen molar-refractivity contribution in [2.24, 2.45) is 0 Å². The number of hydrogen-bond donors (Lipinski definition) is 3. The SMILES string of the molecule is COc1ccc(N)c(NC(=O)c2ccc3c(c2)[nH]c(=O)n3C2CCCC2)c1. The van der Waals surface area contributed by atoms with Crippen molar-refractivity contribution in [1.82, 2.24) is 9.55 Å². The van der Waals surface area contributed by atoms with E-state index >= 15 is 0 Å². The van der Waals surface area contributed by atoms with E-state index in [0.29, 0.717) is 28.2 Å². The van der Waals surface area contributed by atoms with Crippen LogP contribution in [0.4, 0.5) is 11.4 Å². The second-order valence-corrected chi connectivity index (χ2v) is 6.88. The Morgan fingerprint density at radius 1 is 1.22 bits per heavy atom. The number of amides is 1. The molecule has 2 aromatic carbocycles. The molecule has 1 aliphatic rings. The number of nitrogen functional groups attached to an aromatic ring is 1. The lowest BCUT2D eigenvalue weighted by molar-refractivity contribution is 0.102. The summed E-state index contributed by atoms with van der Waals surface area (Å²) in [7, 11) is 1.55. The minimum absolute atomic E-state index is 0.119. The number of nitrogens with two attached hydrogens (primary N) is 1. The van der Waals surface area contributed by atoms with Crippen molar-refractivity contribution in [3.63, 3.8) is 0 Å². The maximum atomic E-state index is 12.7. The quantitative estimate of drug-likeness (QED) is 0.617. The van der Waals surface area contributed by atoms with E-state index in [2.05, 4.69) is 10.3 Å². The topological polar surface area (TPSA) is 102 Å². The molecular weight excluding hydrogens is 344 g/mol. The van der Waals surface area contributed by atoms with Crippen LogP contribution in [0.5, 0.6) is 5.75 Å². The van der Waals surface area contributed by atoms with Gasteiger partial charge < -0.3 is 20.8 Å². The van der Waals surface area contributed by atoms with E-state index < -0.39 is 0 Å². The van der Waals surface area contributed by atoms with Gasteiger partial charge in [-0.05, 0) is 43.2 Å². The monoisotopic (exact) mass is 366 g/mol. The molecule has 1 saturated carbocycles. The van der Waals surface area contributed by atoms with Gasteiger partial charge in [-0.1, -0.05) is 12.8 Å². The van der Waals surface area contributed by atoms with E-state index in [4.69, 9.17) is 10.5 Å². The summed E-state index contributed by atoms with van der Waals surface area (Å²) in [6, 6.07) is 10.6. The average Bonchev–Trinajstić information content (AvgIpc) is 3.29. The Morgan fingerprint density at radius 2 is 2.00 bits per heavy atom. The van der Waals surface area contributed by atoms with Crippen LogP contribution in [0.25, 0.3) is 11.0 Å². The maximum Gasteiger partial charge on any atom is 0.326 e. The molecule has 0 saturated heterocycles. The standard InChI is InChI=1S/C20H22N4O3/c1-27-14-7-8-15(21)16(11-14)22-19(25)12-6-9-18-17(10-12)23-20(26)24(18)13-4-2-3-5-13/h6-11,13H,2-5,21H2,1H3,(H,22,25)(H,23,26). The van der Waals surface area contributed by atoms with Crippen LogP contribution in [0, 0.1) is 0 Å². The number of carbonyl (C=O) groups excluding carboxylic acids is 1. The van der Waals surface area contributed by atoms with Crippen LogP contribution in [-0.4, -0.2) is 22.6 Å². The fraction of sp³-hybridized carbons (Fsp3) is 0.300. The zero-order valence-electron chi connectivity index (χ0n) is 15.1. The fourth-order valence-electron chi connectivity index (χ4n) is 3.76. The second kappa shape index (κ2) is 6.83. The molecule has 1 amide bonds. The number of methoxy groups -OCH3 is 1. The first-order valence-electron chi connectivity index (χ1n) is 9.06. The van der Waals surface area contributed by atoms with Gasteiger partial charge in [0.25, 0.3) is 5.91 Å². The molecule has 1 heterocycles. The molecule has 1 aliphatic carbocycles. The minimum atomic E-state index is -0.300. The molecule has 140 valence electrons. The zero-order chi connectivity index (χ0) is 19.0. The molecule has 4 rings (SSSR count). The molecule has 0 bridgehead atoms. The van der Waals surface area contributed by atoms with E-state index in [1.165, 1.54) is 0 Å². The summed E-state index contributed by atoms with van der Waals surface area (Å²) >= 11 is 0. The van der Waals surface area contributed by atoms with Crippen LogP contribution in [0.3, 0.4) is 0 Å². The predicted molar refractivity (Wildman–Crippen MR) is 105 cm³/mol. The molecule has 0 unspecified atom stereocenters. The van der Waals surface area contributed by atoms with Crippen molar-refractivity contribution in [2.75, 3.05) is 18.2 Å². The maximum absolute atomic E-state index is 12.7. The molecule has 0 spiro atoms. The van der Waals surface area contributed by atoms with Crippen LogP contribution >= 0.6 is 0 Å². The Balaban J connectivity index is 1.64. The summed E-state index contributed by atoms with van der Waals surface area (Å²) in [5.74, 6) is 0.305. The van der Waals surface area contributed by atoms with Crippen LogP contribution in [0.15, 0.2) is 41.2 Å². The van der Waals surface area contributed by atoms with Crippen LogP contribution in [0.2, 0.25) is 0 Å². The van der Waals surface area contributed by atoms with Crippen molar-refractivity contribution in [1.29, 1.82) is 0 Å². The summed E-state index contributed by atoms with van der Waals surface area (Å²) in [5, 5.41) is 2.80. The first kappa shape index (κ1) is 17.2. The Hall–Kier alpha value is -3.22. The third kappa shape index (κ3) is 3.16. The van der Waals surface area contributed by atoms with Gasteiger partial charge in [-0.3, -0.25) is 9.36 Å².